The van der Waals surface area contributed by atoms with Crippen molar-refractivity contribution < 1.29 is 4.79 Å². The second kappa shape index (κ2) is 6.92. The number of hydrogen-bond donors (Lipinski definition) is 0. The highest BCUT2D eigenvalue weighted by molar-refractivity contribution is 6.34. The maximum Gasteiger partial charge on any atom is 0.257 e. The lowest BCUT2D eigenvalue weighted by Gasteiger charge is -2.22. The molecule has 0 aliphatic carbocycles. The predicted molar refractivity (Wildman–Crippen MR) is 85.9 cm³/mol. The predicted octanol–water partition coefficient (Wildman–Crippen LogP) is 4.36. The van der Waals surface area contributed by atoms with Gasteiger partial charge in [0.1, 0.15) is 10.3 Å². The average Bonchev–Trinajstić information content (AvgIpc) is 2.44. The molecule has 0 spiro atoms. The first-order valence-corrected chi connectivity index (χ1v) is 7.44. The van der Waals surface area contributed by atoms with E-state index in [0.29, 0.717) is 23.8 Å². The molecule has 5 heteroatoms. The Morgan fingerprint density at radius 1 is 1.24 bits per heavy atom. The van der Waals surface area contributed by atoms with Gasteiger partial charge in [-0.15, -0.1) is 0 Å². The van der Waals surface area contributed by atoms with Crippen LogP contribution in [0.1, 0.15) is 28.4 Å². The Bertz CT molecular complexity index is 621. The largest absolute Gasteiger partial charge is 0.334 e. The molecule has 1 aromatic heterocycles. The first-order valence-electron chi connectivity index (χ1n) is 6.68. The normalized spacial score (nSPS) is 10.5. The highest BCUT2D eigenvalue weighted by Gasteiger charge is 2.21. The summed E-state index contributed by atoms with van der Waals surface area (Å²) in [6.07, 6.45) is 0. The lowest BCUT2D eigenvalue weighted by atomic mass is 10.1. The zero-order valence-electron chi connectivity index (χ0n) is 11.9. The molecular formula is C16H16Cl2N2O. The summed E-state index contributed by atoms with van der Waals surface area (Å²) in [6.45, 7) is 4.87. The molecule has 2 rings (SSSR count). The van der Waals surface area contributed by atoms with Crippen LogP contribution in [0.4, 0.5) is 0 Å². The van der Waals surface area contributed by atoms with Crippen LogP contribution in [0, 0.1) is 6.92 Å². The molecule has 0 unspecified atom stereocenters. The van der Waals surface area contributed by atoms with Crippen LogP contribution in [0.2, 0.25) is 10.3 Å². The Morgan fingerprint density at radius 3 is 2.48 bits per heavy atom. The molecule has 0 saturated heterocycles. The van der Waals surface area contributed by atoms with Gasteiger partial charge in [-0.05, 0) is 31.0 Å². The third kappa shape index (κ3) is 3.74. The fourth-order valence-electron chi connectivity index (χ4n) is 2.14. The van der Waals surface area contributed by atoms with E-state index in [1.54, 1.807) is 11.0 Å². The molecule has 21 heavy (non-hydrogen) atoms. The molecule has 1 heterocycles. The Morgan fingerprint density at radius 2 is 1.90 bits per heavy atom. The van der Waals surface area contributed by atoms with E-state index >= 15 is 0 Å². The summed E-state index contributed by atoms with van der Waals surface area (Å²) in [7, 11) is 0. The Kier molecular flexibility index (Phi) is 5.21. The van der Waals surface area contributed by atoms with Crippen molar-refractivity contribution in [3.8, 4) is 0 Å². The number of carbonyl (C=O) groups excluding carboxylic acids is 1. The standard InChI is InChI=1S/C16H16Cl2N2O/c1-3-20(10-12-7-5-4-6-8-12)16(21)14-11(2)9-13(17)19-15(14)18/h4-9H,3,10H2,1-2H3. The highest BCUT2D eigenvalue weighted by Crippen LogP contribution is 2.23. The number of aryl methyl sites for hydroxylation is 1. The van der Waals surface area contributed by atoms with E-state index in [4.69, 9.17) is 23.2 Å². The fraction of sp³-hybridized carbons (Fsp3) is 0.250. The third-order valence-electron chi connectivity index (χ3n) is 3.24. The van der Waals surface area contributed by atoms with E-state index in [-0.39, 0.29) is 11.1 Å². The Hall–Kier alpha value is -1.58. The molecule has 0 bridgehead atoms. The van der Waals surface area contributed by atoms with Crippen molar-refractivity contribution in [2.24, 2.45) is 0 Å². The number of halogens is 2. The Balaban J connectivity index is 2.29. The zero-order valence-corrected chi connectivity index (χ0v) is 13.4. The lowest BCUT2D eigenvalue weighted by molar-refractivity contribution is 0.0751. The van der Waals surface area contributed by atoms with Crippen LogP contribution in [0.25, 0.3) is 0 Å². The maximum absolute atomic E-state index is 12.7. The highest BCUT2D eigenvalue weighted by atomic mass is 35.5. The average molecular weight is 323 g/mol. The van der Waals surface area contributed by atoms with Gasteiger partial charge in [0.05, 0.1) is 5.56 Å². The SMILES string of the molecule is CCN(Cc1ccccc1)C(=O)c1c(C)cc(Cl)nc1Cl. The van der Waals surface area contributed by atoms with Crippen LogP contribution < -0.4 is 0 Å². The minimum atomic E-state index is -0.131. The van der Waals surface area contributed by atoms with Crippen LogP contribution in [-0.2, 0) is 6.54 Å². The van der Waals surface area contributed by atoms with Crippen molar-refractivity contribution in [1.29, 1.82) is 0 Å². The van der Waals surface area contributed by atoms with E-state index in [2.05, 4.69) is 4.98 Å². The van der Waals surface area contributed by atoms with Crippen molar-refractivity contribution in [3.05, 3.63) is 63.4 Å². The van der Waals surface area contributed by atoms with Crippen molar-refractivity contribution in [2.45, 2.75) is 20.4 Å². The molecule has 0 fully saturated rings. The van der Waals surface area contributed by atoms with Gasteiger partial charge in [0.25, 0.3) is 5.91 Å². The topological polar surface area (TPSA) is 33.2 Å². The van der Waals surface area contributed by atoms with Crippen molar-refractivity contribution in [2.75, 3.05) is 6.54 Å². The van der Waals surface area contributed by atoms with Gasteiger partial charge in [0, 0.05) is 13.1 Å². The number of pyridine rings is 1. The molecule has 0 saturated carbocycles. The van der Waals surface area contributed by atoms with Crippen molar-refractivity contribution in [1.82, 2.24) is 9.88 Å². The lowest BCUT2D eigenvalue weighted by Crippen LogP contribution is -2.31. The number of nitrogens with zero attached hydrogens (tertiary/aromatic N) is 2. The van der Waals surface area contributed by atoms with Crippen LogP contribution in [0.5, 0.6) is 0 Å². The van der Waals surface area contributed by atoms with Gasteiger partial charge in [-0.25, -0.2) is 4.98 Å². The van der Waals surface area contributed by atoms with Gasteiger partial charge in [0.2, 0.25) is 0 Å². The molecule has 3 nitrogen and oxygen atoms in total. The fourth-order valence-corrected chi connectivity index (χ4v) is 2.75. The zero-order chi connectivity index (χ0) is 15.4. The molecule has 1 aromatic carbocycles. The molecule has 0 N–H and O–H groups in total. The number of benzene rings is 1. The molecule has 2 aromatic rings. The summed E-state index contributed by atoms with van der Waals surface area (Å²) in [5.74, 6) is -0.131. The minimum Gasteiger partial charge on any atom is -0.334 e. The van der Waals surface area contributed by atoms with Crippen molar-refractivity contribution >= 4 is 29.1 Å². The van der Waals surface area contributed by atoms with E-state index in [1.165, 1.54) is 0 Å². The maximum atomic E-state index is 12.7. The number of aromatic nitrogens is 1. The molecule has 0 aliphatic heterocycles. The molecule has 1 amide bonds. The quantitative estimate of drug-likeness (QED) is 0.783. The smallest absolute Gasteiger partial charge is 0.257 e. The number of amides is 1. The number of rotatable bonds is 4. The van der Waals surface area contributed by atoms with E-state index in [1.807, 2.05) is 44.2 Å². The molecule has 110 valence electrons. The molecule has 0 aliphatic rings. The second-order valence-electron chi connectivity index (χ2n) is 4.73. The minimum absolute atomic E-state index is 0.131. The third-order valence-corrected chi connectivity index (χ3v) is 3.71. The van der Waals surface area contributed by atoms with E-state index in [9.17, 15) is 4.79 Å². The van der Waals surface area contributed by atoms with Gasteiger partial charge < -0.3 is 4.90 Å². The summed E-state index contributed by atoms with van der Waals surface area (Å²) in [5, 5.41) is 0.441. The Labute approximate surface area is 134 Å². The summed E-state index contributed by atoms with van der Waals surface area (Å²) < 4.78 is 0. The summed E-state index contributed by atoms with van der Waals surface area (Å²) in [5.41, 5.74) is 2.22. The van der Waals surface area contributed by atoms with E-state index < -0.39 is 0 Å². The first-order chi connectivity index (χ1) is 10.0. The van der Waals surface area contributed by atoms with E-state index in [0.717, 1.165) is 11.1 Å². The van der Waals surface area contributed by atoms with Crippen LogP contribution in [0.3, 0.4) is 0 Å². The monoisotopic (exact) mass is 322 g/mol. The van der Waals surface area contributed by atoms with Crippen LogP contribution >= 0.6 is 23.2 Å². The van der Waals surface area contributed by atoms with Gasteiger partial charge in [0.15, 0.2) is 0 Å². The molecule has 0 atom stereocenters. The second-order valence-corrected chi connectivity index (χ2v) is 5.48. The number of carbonyl (C=O) groups is 1. The van der Waals surface area contributed by atoms with Crippen molar-refractivity contribution in [3.63, 3.8) is 0 Å². The van der Waals surface area contributed by atoms with Gasteiger partial charge >= 0.3 is 0 Å². The van der Waals surface area contributed by atoms with Gasteiger partial charge in [-0.3, -0.25) is 4.79 Å². The summed E-state index contributed by atoms with van der Waals surface area (Å²) >= 11 is 11.9. The van der Waals surface area contributed by atoms with Crippen LogP contribution in [-0.4, -0.2) is 22.3 Å². The van der Waals surface area contributed by atoms with Gasteiger partial charge in [-0.1, -0.05) is 53.5 Å². The molecule has 0 radical (unpaired) electrons. The summed E-state index contributed by atoms with van der Waals surface area (Å²) in [4.78, 5) is 18.4. The van der Waals surface area contributed by atoms with Gasteiger partial charge in [-0.2, -0.15) is 0 Å². The molecular weight excluding hydrogens is 307 g/mol. The van der Waals surface area contributed by atoms with Crippen LogP contribution in [0.15, 0.2) is 36.4 Å². The first kappa shape index (κ1) is 15.8. The number of hydrogen-bond acceptors (Lipinski definition) is 2. The summed E-state index contributed by atoms with van der Waals surface area (Å²) in [6, 6.07) is 11.5.